The van der Waals surface area contributed by atoms with E-state index in [2.05, 4.69) is 0 Å². The van der Waals surface area contributed by atoms with Gasteiger partial charge in [-0.3, -0.25) is 0 Å². The van der Waals surface area contributed by atoms with Crippen molar-refractivity contribution < 1.29 is 28.5 Å². The number of carbonyl (C=O) groups excluding carboxylic acids is 2. The lowest BCUT2D eigenvalue weighted by molar-refractivity contribution is 0.0437. The summed E-state index contributed by atoms with van der Waals surface area (Å²) in [6.45, 7) is 4.71. The van der Waals surface area contributed by atoms with Gasteiger partial charge in [-0.05, 0) is 73.5 Å². The molecule has 3 aromatic carbocycles. The van der Waals surface area contributed by atoms with Gasteiger partial charge in [0.15, 0.2) is 0 Å². The maximum Gasteiger partial charge on any atom is 0.338 e. The van der Waals surface area contributed by atoms with Crippen LogP contribution < -0.4 is 9.47 Å². The molecule has 0 saturated carbocycles. The molecule has 166 valence electrons. The van der Waals surface area contributed by atoms with E-state index in [0.717, 1.165) is 22.6 Å². The Kier molecular flexibility index (Phi) is 8.26. The highest BCUT2D eigenvalue weighted by Crippen LogP contribution is 2.13. The van der Waals surface area contributed by atoms with E-state index in [9.17, 15) is 9.59 Å². The van der Waals surface area contributed by atoms with E-state index in [1.54, 1.807) is 0 Å². The van der Waals surface area contributed by atoms with E-state index in [0.29, 0.717) is 11.1 Å². The first-order valence-corrected chi connectivity index (χ1v) is 10.3. The van der Waals surface area contributed by atoms with Crippen molar-refractivity contribution in [3.63, 3.8) is 0 Å². The Balaban J connectivity index is 1.37. The second-order valence-electron chi connectivity index (χ2n) is 7.18. The van der Waals surface area contributed by atoms with Crippen molar-refractivity contribution in [1.29, 1.82) is 0 Å². The van der Waals surface area contributed by atoms with Gasteiger partial charge in [0.2, 0.25) is 0 Å². The highest BCUT2D eigenvalue weighted by atomic mass is 16.6. The molecule has 0 unspecified atom stereocenters. The Morgan fingerprint density at radius 2 is 1.00 bits per heavy atom. The third kappa shape index (κ3) is 7.16. The van der Waals surface area contributed by atoms with Crippen LogP contribution in [0.2, 0.25) is 0 Å². The SMILES string of the molecule is Cc1cccc(OCCOC(=O)c2ccc(C(=O)OCCOc3cccc(C)c3)cc2)c1. The highest BCUT2D eigenvalue weighted by molar-refractivity contribution is 5.93. The minimum absolute atomic E-state index is 0.123. The fourth-order valence-electron chi connectivity index (χ4n) is 2.91. The average Bonchev–Trinajstić information content (AvgIpc) is 2.79. The Labute approximate surface area is 187 Å². The maximum absolute atomic E-state index is 12.2. The molecule has 0 aliphatic carbocycles. The molecular weight excluding hydrogens is 408 g/mol. The summed E-state index contributed by atoms with van der Waals surface area (Å²) in [5, 5.41) is 0. The molecule has 6 heteroatoms. The number of hydrogen-bond acceptors (Lipinski definition) is 6. The molecule has 32 heavy (non-hydrogen) atoms. The van der Waals surface area contributed by atoms with Crippen LogP contribution in [0, 0.1) is 13.8 Å². The van der Waals surface area contributed by atoms with E-state index in [-0.39, 0.29) is 26.4 Å². The molecule has 6 nitrogen and oxygen atoms in total. The van der Waals surface area contributed by atoms with Gasteiger partial charge in [-0.2, -0.15) is 0 Å². The lowest BCUT2D eigenvalue weighted by Gasteiger charge is -2.09. The predicted molar refractivity (Wildman–Crippen MR) is 120 cm³/mol. The van der Waals surface area contributed by atoms with Crippen LogP contribution in [0.4, 0.5) is 0 Å². The molecule has 0 saturated heterocycles. The third-order valence-corrected chi connectivity index (χ3v) is 4.51. The normalized spacial score (nSPS) is 10.3. The highest BCUT2D eigenvalue weighted by Gasteiger charge is 2.11. The van der Waals surface area contributed by atoms with E-state index >= 15 is 0 Å². The van der Waals surface area contributed by atoms with Crippen molar-refractivity contribution in [2.45, 2.75) is 13.8 Å². The predicted octanol–water partition coefficient (Wildman–Crippen LogP) is 4.78. The average molecular weight is 434 g/mol. The van der Waals surface area contributed by atoms with Gasteiger partial charge in [-0.1, -0.05) is 24.3 Å². The summed E-state index contributed by atoms with van der Waals surface area (Å²) < 4.78 is 21.5. The molecule has 0 N–H and O–H groups in total. The Morgan fingerprint density at radius 3 is 1.38 bits per heavy atom. The molecule has 0 aliphatic rings. The van der Waals surface area contributed by atoms with Crippen LogP contribution in [0.15, 0.2) is 72.8 Å². The Bertz CT molecular complexity index is 958. The Morgan fingerprint density at radius 1 is 0.594 bits per heavy atom. The number of benzene rings is 3. The van der Waals surface area contributed by atoms with Crippen LogP contribution in [0.25, 0.3) is 0 Å². The zero-order chi connectivity index (χ0) is 22.8. The van der Waals surface area contributed by atoms with Gasteiger partial charge in [0.1, 0.15) is 37.9 Å². The summed E-state index contributed by atoms with van der Waals surface area (Å²) in [6.07, 6.45) is 0. The summed E-state index contributed by atoms with van der Waals surface area (Å²) >= 11 is 0. The maximum atomic E-state index is 12.2. The lowest BCUT2D eigenvalue weighted by Crippen LogP contribution is -2.14. The van der Waals surface area contributed by atoms with Gasteiger partial charge in [0, 0.05) is 0 Å². The molecular formula is C26H26O6. The van der Waals surface area contributed by atoms with E-state index in [1.165, 1.54) is 24.3 Å². The first-order chi connectivity index (χ1) is 15.5. The summed E-state index contributed by atoms with van der Waals surface area (Å²) in [4.78, 5) is 24.3. The van der Waals surface area contributed by atoms with E-state index in [1.807, 2.05) is 62.4 Å². The van der Waals surface area contributed by atoms with Crippen LogP contribution in [-0.2, 0) is 9.47 Å². The van der Waals surface area contributed by atoms with Crippen LogP contribution in [0.1, 0.15) is 31.8 Å². The number of ether oxygens (including phenoxy) is 4. The van der Waals surface area contributed by atoms with Crippen molar-refractivity contribution >= 4 is 11.9 Å². The fourth-order valence-corrected chi connectivity index (χ4v) is 2.91. The van der Waals surface area contributed by atoms with Gasteiger partial charge < -0.3 is 18.9 Å². The lowest BCUT2D eigenvalue weighted by atomic mass is 10.1. The Hall–Kier alpha value is -3.80. The van der Waals surface area contributed by atoms with Crippen LogP contribution in [-0.4, -0.2) is 38.4 Å². The number of hydrogen-bond donors (Lipinski definition) is 0. The number of rotatable bonds is 10. The van der Waals surface area contributed by atoms with Crippen LogP contribution in [0.3, 0.4) is 0 Å². The largest absolute Gasteiger partial charge is 0.490 e. The molecule has 0 aliphatic heterocycles. The van der Waals surface area contributed by atoms with Crippen molar-refractivity contribution in [2.75, 3.05) is 26.4 Å². The summed E-state index contributed by atoms with van der Waals surface area (Å²) in [5.74, 6) is 0.495. The molecule has 3 rings (SSSR count). The van der Waals surface area contributed by atoms with Crippen LogP contribution >= 0.6 is 0 Å². The summed E-state index contributed by atoms with van der Waals surface area (Å²) in [7, 11) is 0. The molecule has 0 heterocycles. The van der Waals surface area contributed by atoms with E-state index in [4.69, 9.17) is 18.9 Å². The summed E-state index contributed by atoms with van der Waals surface area (Å²) in [6, 6.07) is 21.4. The molecule has 0 radical (unpaired) electrons. The van der Waals surface area contributed by atoms with Gasteiger partial charge in [-0.25, -0.2) is 9.59 Å². The second kappa shape index (κ2) is 11.6. The number of esters is 2. The standard InChI is InChI=1S/C26H26O6/c1-19-5-3-7-23(17-19)29-13-15-31-25(27)21-9-11-22(12-10-21)26(28)32-16-14-30-24-8-4-6-20(2)18-24/h3-12,17-18H,13-16H2,1-2H3. The minimum Gasteiger partial charge on any atom is -0.490 e. The minimum atomic E-state index is -0.482. The molecule has 0 aromatic heterocycles. The van der Waals surface area contributed by atoms with Crippen molar-refractivity contribution in [3.05, 3.63) is 95.1 Å². The summed E-state index contributed by atoms with van der Waals surface area (Å²) in [5.41, 5.74) is 2.88. The van der Waals surface area contributed by atoms with Gasteiger partial charge >= 0.3 is 11.9 Å². The number of carbonyl (C=O) groups is 2. The molecule has 0 bridgehead atoms. The molecule has 3 aromatic rings. The van der Waals surface area contributed by atoms with Crippen molar-refractivity contribution in [1.82, 2.24) is 0 Å². The molecule has 0 amide bonds. The second-order valence-corrected chi connectivity index (χ2v) is 7.18. The quantitative estimate of drug-likeness (QED) is 0.338. The first-order valence-electron chi connectivity index (χ1n) is 10.3. The zero-order valence-corrected chi connectivity index (χ0v) is 18.2. The monoisotopic (exact) mass is 434 g/mol. The van der Waals surface area contributed by atoms with Gasteiger partial charge in [0.05, 0.1) is 11.1 Å². The third-order valence-electron chi connectivity index (χ3n) is 4.51. The smallest absolute Gasteiger partial charge is 0.338 e. The fraction of sp³-hybridized carbons (Fsp3) is 0.231. The first kappa shape index (κ1) is 22.9. The molecule has 0 atom stereocenters. The zero-order valence-electron chi connectivity index (χ0n) is 18.2. The topological polar surface area (TPSA) is 71.1 Å². The van der Waals surface area contributed by atoms with Crippen molar-refractivity contribution in [2.24, 2.45) is 0 Å². The van der Waals surface area contributed by atoms with Gasteiger partial charge in [0.25, 0.3) is 0 Å². The van der Waals surface area contributed by atoms with Crippen molar-refractivity contribution in [3.8, 4) is 11.5 Å². The van der Waals surface area contributed by atoms with Crippen LogP contribution in [0.5, 0.6) is 11.5 Å². The molecule has 0 spiro atoms. The van der Waals surface area contributed by atoms with E-state index < -0.39 is 11.9 Å². The number of aryl methyl sites for hydroxylation is 2. The van der Waals surface area contributed by atoms with Gasteiger partial charge in [-0.15, -0.1) is 0 Å². The molecule has 0 fully saturated rings.